The van der Waals surface area contributed by atoms with Gasteiger partial charge in [0.25, 0.3) is 0 Å². The van der Waals surface area contributed by atoms with E-state index in [1.807, 2.05) is 0 Å². The van der Waals surface area contributed by atoms with E-state index in [0.29, 0.717) is 4.47 Å². The van der Waals surface area contributed by atoms with Crippen LogP contribution in [-0.2, 0) is 0 Å². The molecule has 1 N–H and O–H groups in total. The van der Waals surface area contributed by atoms with Crippen molar-refractivity contribution in [2.45, 2.75) is 31.0 Å². The standard InChI is InChI=1S/C13H10BrF7O/c1-7(6-8-4-2-3-5-9(8)14)10(22)11(15,16)12(17,18)13(19,20)21/h2-6,10,22H,1H3/b7-6+. The Kier molecular flexibility index (Phi) is 5.34. The van der Waals surface area contributed by atoms with E-state index in [1.165, 1.54) is 18.2 Å². The van der Waals surface area contributed by atoms with Crippen LogP contribution in [0.2, 0.25) is 0 Å². The van der Waals surface area contributed by atoms with Gasteiger partial charge >= 0.3 is 18.0 Å². The molecule has 0 aromatic heterocycles. The van der Waals surface area contributed by atoms with Crippen LogP contribution in [0.1, 0.15) is 12.5 Å². The van der Waals surface area contributed by atoms with Gasteiger partial charge in [0.2, 0.25) is 0 Å². The zero-order valence-corrected chi connectivity index (χ0v) is 12.5. The summed E-state index contributed by atoms with van der Waals surface area (Å²) in [5.41, 5.74) is -0.494. The summed E-state index contributed by atoms with van der Waals surface area (Å²) in [6.07, 6.45) is -8.88. The van der Waals surface area contributed by atoms with Crippen molar-refractivity contribution in [1.29, 1.82) is 0 Å². The second-order valence-electron chi connectivity index (χ2n) is 4.51. The first-order valence-electron chi connectivity index (χ1n) is 5.75. The molecule has 0 fully saturated rings. The Balaban J connectivity index is 3.19. The number of halogens is 8. The zero-order chi connectivity index (χ0) is 17.3. The molecule has 1 atom stereocenters. The highest BCUT2D eigenvalue weighted by atomic mass is 79.9. The molecule has 9 heteroatoms. The van der Waals surface area contributed by atoms with Crippen LogP contribution in [0.3, 0.4) is 0 Å². The fourth-order valence-corrected chi connectivity index (χ4v) is 1.96. The fourth-order valence-electron chi connectivity index (χ4n) is 1.56. The van der Waals surface area contributed by atoms with E-state index in [0.717, 1.165) is 13.0 Å². The predicted molar refractivity (Wildman–Crippen MR) is 69.7 cm³/mol. The van der Waals surface area contributed by atoms with E-state index in [-0.39, 0.29) is 5.56 Å². The van der Waals surface area contributed by atoms with Gasteiger partial charge < -0.3 is 5.11 Å². The average Bonchev–Trinajstić information content (AvgIpc) is 2.38. The highest BCUT2D eigenvalue weighted by molar-refractivity contribution is 9.10. The van der Waals surface area contributed by atoms with Crippen LogP contribution in [0.4, 0.5) is 30.7 Å². The summed E-state index contributed by atoms with van der Waals surface area (Å²) in [6, 6.07) is 5.99. The number of hydrogen-bond acceptors (Lipinski definition) is 1. The molecule has 0 radical (unpaired) electrons. The first kappa shape index (κ1) is 19.0. The Morgan fingerprint density at radius 2 is 1.59 bits per heavy atom. The fraction of sp³-hybridized carbons (Fsp3) is 0.385. The van der Waals surface area contributed by atoms with E-state index in [9.17, 15) is 35.8 Å². The van der Waals surface area contributed by atoms with Gasteiger partial charge in [0.05, 0.1) is 0 Å². The molecule has 1 aromatic carbocycles. The highest BCUT2D eigenvalue weighted by Crippen LogP contribution is 2.49. The molecule has 1 unspecified atom stereocenters. The Morgan fingerprint density at radius 1 is 1.09 bits per heavy atom. The minimum atomic E-state index is -6.48. The van der Waals surface area contributed by atoms with Gasteiger partial charge in [-0.2, -0.15) is 30.7 Å². The van der Waals surface area contributed by atoms with Crippen molar-refractivity contribution in [3.05, 3.63) is 39.9 Å². The number of aliphatic hydroxyl groups excluding tert-OH is 1. The van der Waals surface area contributed by atoms with Crippen molar-refractivity contribution in [3.63, 3.8) is 0 Å². The maximum Gasteiger partial charge on any atom is 0.459 e. The van der Waals surface area contributed by atoms with E-state index < -0.39 is 29.7 Å². The van der Waals surface area contributed by atoms with E-state index in [4.69, 9.17) is 0 Å². The van der Waals surface area contributed by atoms with Crippen LogP contribution in [0, 0.1) is 0 Å². The monoisotopic (exact) mass is 394 g/mol. The summed E-state index contributed by atoms with van der Waals surface area (Å²) in [5, 5.41) is 9.28. The van der Waals surface area contributed by atoms with E-state index >= 15 is 0 Å². The lowest BCUT2D eigenvalue weighted by Gasteiger charge is -2.31. The largest absolute Gasteiger partial charge is 0.459 e. The highest BCUT2D eigenvalue weighted by Gasteiger charge is 2.75. The summed E-state index contributed by atoms with van der Waals surface area (Å²) in [6.45, 7) is 0.838. The minimum absolute atomic E-state index is 0.241. The molecule has 0 aliphatic heterocycles. The molecular formula is C13H10BrF7O. The summed E-state index contributed by atoms with van der Waals surface area (Å²) in [5.74, 6) is -12.1. The predicted octanol–water partition coefficient (Wildman–Crippen LogP) is 5.05. The first-order valence-corrected chi connectivity index (χ1v) is 6.55. The third-order valence-electron chi connectivity index (χ3n) is 2.84. The van der Waals surface area contributed by atoms with Gasteiger partial charge in [-0.05, 0) is 24.1 Å². The molecule has 1 nitrogen and oxygen atoms in total. The van der Waals surface area contributed by atoms with Crippen molar-refractivity contribution >= 4 is 22.0 Å². The molecular weight excluding hydrogens is 385 g/mol. The number of alkyl halides is 7. The zero-order valence-electron chi connectivity index (χ0n) is 10.9. The Hall–Kier alpha value is -1.09. The molecule has 0 bridgehead atoms. The van der Waals surface area contributed by atoms with Crippen LogP contribution < -0.4 is 0 Å². The van der Waals surface area contributed by atoms with E-state index in [1.54, 1.807) is 6.07 Å². The third kappa shape index (κ3) is 3.45. The van der Waals surface area contributed by atoms with Crippen LogP contribution in [0.25, 0.3) is 6.08 Å². The Labute approximate surface area is 129 Å². The van der Waals surface area contributed by atoms with Crippen LogP contribution in [-0.4, -0.2) is 29.2 Å². The summed E-state index contributed by atoms with van der Waals surface area (Å²) < 4.78 is 89.1. The van der Waals surface area contributed by atoms with Crippen molar-refractivity contribution < 1.29 is 35.8 Å². The normalized spacial score (nSPS) is 15.8. The quantitative estimate of drug-likeness (QED) is 0.708. The number of hydrogen-bond donors (Lipinski definition) is 1. The third-order valence-corrected chi connectivity index (χ3v) is 3.56. The molecule has 0 heterocycles. The molecule has 0 saturated heterocycles. The van der Waals surface area contributed by atoms with Gasteiger partial charge in [-0.1, -0.05) is 40.2 Å². The average molecular weight is 395 g/mol. The number of aliphatic hydroxyl groups is 1. The SMILES string of the molecule is C/C(=C\c1ccccc1Br)C(O)C(F)(F)C(F)(F)C(F)(F)F. The molecule has 0 amide bonds. The van der Waals surface area contributed by atoms with Crippen LogP contribution >= 0.6 is 15.9 Å². The lowest BCUT2D eigenvalue weighted by Crippen LogP contribution is -2.58. The number of rotatable bonds is 4. The van der Waals surface area contributed by atoms with Gasteiger partial charge in [0.1, 0.15) is 6.10 Å². The summed E-state index contributed by atoms with van der Waals surface area (Å²) >= 11 is 3.05. The second-order valence-corrected chi connectivity index (χ2v) is 5.36. The Bertz CT molecular complexity index is 566. The van der Waals surface area contributed by atoms with Crippen LogP contribution in [0.5, 0.6) is 0 Å². The minimum Gasteiger partial charge on any atom is -0.382 e. The van der Waals surface area contributed by atoms with Gasteiger partial charge in [0, 0.05) is 4.47 Å². The van der Waals surface area contributed by atoms with Gasteiger partial charge in [-0.25, -0.2) is 0 Å². The molecule has 1 aromatic rings. The van der Waals surface area contributed by atoms with Gasteiger partial charge in [-0.15, -0.1) is 0 Å². The van der Waals surface area contributed by atoms with Crippen molar-refractivity contribution in [2.24, 2.45) is 0 Å². The lowest BCUT2D eigenvalue weighted by molar-refractivity contribution is -0.367. The molecule has 0 spiro atoms. The molecule has 0 saturated carbocycles. The maximum absolute atomic E-state index is 13.4. The van der Waals surface area contributed by atoms with Crippen molar-refractivity contribution in [3.8, 4) is 0 Å². The topological polar surface area (TPSA) is 20.2 Å². The lowest BCUT2D eigenvalue weighted by atomic mass is 9.97. The molecule has 1 rings (SSSR count). The molecule has 0 aliphatic rings. The summed E-state index contributed by atoms with van der Waals surface area (Å²) in [7, 11) is 0. The summed E-state index contributed by atoms with van der Waals surface area (Å²) in [4.78, 5) is 0. The van der Waals surface area contributed by atoms with Gasteiger partial charge in [-0.3, -0.25) is 0 Å². The number of benzene rings is 1. The van der Waals surface area contributed by atoms with Gasteiger partial charge in [0.15, 0.2) is 0 Å². The second kappa shape index (κ2) is 6.19. The molecule has 22 heavy (non-hydrogen) atoms. The first-order chi connectivity index (χ1) is 9.82. The maximum atomic E-state index is 13.4. The van der Waals surface area contributed by atoms with E-state index in [2.05, 4.69) is 15.9 Å². The van der Waals surface area contributed by atoms with Crippen molar-refractivity contribution in [1.82, 2.24) is 0 Å². The van der Waals surface area contributed by atoms with Crippen LogP contribution in [0.15, 0.2) is 34.3 Å². The molecule has 0 aliphatic carbocycles. The smallest absolute Gasteiger partial charge is 0.382 e. The molecule has 124 valence electrons. The van der Waals surface area contributed by atoms with Crippen molar-refractivity contribution in [2.75, 3.05) is 0 Å². The Morgan fingerprint density at radius 3 is 2.05 bits per heavy atom.